The van der Waals surface area contributed by atoms with E-state index in [0.29, 0.717) is 22.3 Å². The van der Waals surface area contributed by atoms with E-state index in [2.05, 4.69) is 15.6 Å². The van der Waals surface area contributed by atoms with E-state index in [1.165, 1.54) is 22.7 Å². The van der Waals surface area contributed by atoms with Gasteiger partial charge in [0.1, 0.15) is 0 Å². The minimum atomic E-state index is -0.186. The van der Waals surface area contributed by atoms with Crippen LogP contribution in [0.3, 0.4) is 0 Å². The highest BCUT2D eigenvalue weighted by atomic mass is 32.1. The van der Waals surface area contributed by atoms with Gasteiger partial charge in [0.2, 0.25) is 5.91 Å². The number of nitrogens with zero attached hydrogens (tertiary/aromatic N) is 1. The molecule has 118 valence electrons. The van der Waals surface area contributed by atoms with Crippen molar-refractivity contribution in [2.45, 2.75) is 19.4 Å². The number of nitrogens with one attached hydrogen (secondary N) is 2. The molecule has 0 aliphatic carbocycles. The fraction of sp³-hybridized carbons (Fsp3) is 0.357. The number of methoxy groups -OCH3 is 1. The lowest BCUT2D eigenvalue weighted by atomic mass is 10.3. The van der Waals surface area contributed by atoms with E-state index in [-0.39, 0.29) is 24.3 Å². The molecule has 0 fully saturated rings. The third kappa shape index (κ3) is 4.90. The molecule has 6 nitrogen and oxygen atoms in total. The summed E-state index contributed by atoms with van der Waals surface area (Å²) >= 11 is 2.67. The summed E-state index contributed by atoms with van der Waals surface area (Å²) in [6.45, 7) is 2.33. The van der Waals surface area contributed by atoms with E-state index in [9.17, 15) is 9.59 Å². The first-order valence-electron chi connectivity index (χ1n) is 6.66. The maximum atomic E-state index is 11.9. The first-order chi connectivity index (χ1) is 10.6. The van der Waals surface area contributed by atoms with Crippen molar-refractivity contribution in [3.63, 3.8) is 0 Å². The largest absolute Gasteiger partial charge is 0.383 e. The van der Waals surface area contributed by atoms with Gasteiger partial charge in [-0.3, -0.25) is 14.9 Å². The van der Waals surface area contributed by atoms with Crippen molar-refractivity contribution in [2.24, 2.45) is 0 Å². The van der Waals surface area contributed by atoms with Crippen LogP contribution in [0.25, 0.3) is 0 Å². The van der Waals surface area contributed by atoms with E-state index >= 15 is 0 Å². The Balaban J connectivity index is 1.86. The number of amides is 2. The third-order valence-electron chi connectivity index (χ3n) is 2.68. The van der Waals surface area contributed by atoms with Gasteiger partial charge in [-0.2, -0.15) is 0 Å². The maximum absolute atomic E-state index is 11.9. The van der Waals surface area contributed by atoms with Crippen LogP contribution in [0, 0.1) is 0 Å². The van der Waals surface area contributed by atoms with Crippen LogP contribution < -0.4 is 10.6 Å². The molecule has 0 aromatic carbocycles. The quantitative estimate of drug-likeness (QED) is 0.810. The molecule has 2 heterocycles. The maximum Gasteiger partial charge on any atom is 0.267 e. The second kappa shape index (κ2) is 8.02. The summed E-state index contributed by atoms with van der Waals surface area (Å²) < 4.78 is 4.96. The lowest BCUT2D eigenvalue weighted by Crippen LogP contribution is -2.36. The van der Waals surface area contributed by atoms with Crippen molar-refractivity contribution in [2.75, 3.05) is 19.0 Å². The number of thiazole rings is 1. The number of ether oxygens (including phenoxy) is 1. The van der Waals surface area contributed by atoms with Gasteiger partial charge < -0.3 is 10.1 Å². The molecule has 8 heteroatoms. The Morgan fingerprint density at radius 1 is 1.41 bits per heavy atom. The molecule has 2 amide bonds. The molecule has 0 saturated carbocycles. The first-order valence-corrected chi connectivity index (χ1v) is 8.42. The van der Waals surface area contributed by atoms with Crippen molar-refractivity contribution in [1.29, 1.82) is 0 Å². The molecular weight excluding hydrogens is 322 g/mol. The summed E-state index contributed by atoms with van der Waals surface area (Å²) in [6.07, 6.45) is 0.180. The molecule has 0 spiro atoms. The van der Waals surface area contributed by atoms with E-state index in [0.717, 1.165) is 0 Å². The summed E-state index contributed by atoms with van der Waals surface area (Å²) in [4.78, 5) is 28.6. The number of carbonyl (C=O) groups excluding carboxylic acids is 2. The molecular formula is C14H17N3O3S2. The van der Waals surface area contributed by atoms with Crippen LogP contribution in [0.5, 0.6) is 0 Å². The van der Waals surface area contributed by atoms with Crippen LogP contribution in [-0.4, -0.2) is 36.6 Å². The van der Waals surface area contributed by atoms with Crippen molar-refractivity contribution in [3.05, 3.63) is 33.5 Å². The van der Waals surface area contributed by atoms with Crippen molar-refractivity contribution in [3.8, 4) is 0 Å². The molecule has 22 heavy (non-hydrogen) atoms. The smallest absolute Gasteiger partial charge is 0.267 e. The van der Waals surface area contributed by atoms with Crippen molar-refractivity contribution < 1.29 is 14.3 Å². The second-order valence-electron chi connectivity index (χ2n) is 4.68. The topological polar surface area (TPSA) is 80.3 Å². The third-order valence-corrected chi connectivity index (χ3v) is 4.36. The first kappa shape index (κ1) is 16.6. The van der Waals surface area contributed by atoms with Crippen molar-refractivity contribution >= 4 is 39.6 Å². The molecule has 2 N–H and O–H groups in total. The Hall–Kier alpha value is -1.77. The van der Waals surface area contributed by atoms with Crippen LogP contribution >= 0.6 is 22.7 Å². The molecule has 2 aromatic heterocycles. The van der Waals surface area contributed by atoms with E-state index in [4.69, 9.17) is 4.74 Å². The minimum absolute atomic E-state index is 0.0471. The van der Waals surface area contributed by atoms with Gasteiger partial charge in [0.05, 0.1) is 23.6 Å². The molecule has 1 atom stereocenters. The zero-order valence-electron chi connectivity index (χ0n) is 12.3. The van der Waals surface area contributed by atoms with Gasteiger partial charge in [0, 0.05) is 18.5 Å². The zero-order chi connectivity index (χ0) is 15.9. The van der Waals surface area contributed by atoms with Gasteiger partial charge in [-0.15, -0.1) is 22.7 Å². The average Bonchev–Trinajstić information content (AvgIpc) is 3.10. The number of rotatable bonds is 7. The van der Waals surface area contributed by atoms with Gasteiger partial charge in [0.25, 0.3) is 5.91 Å². The van der Waals surface area contributed by atoms with Gasteiger partial charge in [-0.25, -0.2) is 4.98 Å². The van der Waals surface area contributed by atoms with Crippen molar-refractivity contribution in [1.82, 2.24) is 10.3 Å². The van der Waals surface area contributed by atoms with Crippen LogP contribution in [0.4, 0.5) is 5.13 Å². The summed E-state index contributed by atoms with van der Waals surface area (Å²) in [6, 6.07) is 3.52. The van der Waals surface area contributed by atoms with Gasteiger partial charge in [-0.05, 0) is 18.4 Å². The van der Waals surface area contributed by atoms with E-state index in [1.54, 1.807) is 18.6 Å². The Kier molecular flexibility index (Phi) is 6.05. The van der Waals surface area contributed by atoms with Crippen LogP contribution in [-0.2, 0) is 16.0 Å². The fourth-order valence-corrected chi connectivity index (χ4v) is 3.12. The van der Waals surface area contributed by atoms with Gasteiger partial charge >= 0.3 is 0 Å². The van der Waals surface area contributed by atoms with E-state index < -0.39 is 0 Å². The predicted molar refractivity (Wildman–Crippen MR) is 87.6 cm³/mol. The highest BCUT2D eigenvalue weighted by molar-refractivity contribution is 7.14. The summed E-state index contributed by atoms with van der Waals surface area (Å²) in [5.74, 6) is -0.306. The molecule has 2 aromatic rings. The molecule has 0 radical (unpaired) electrons. The molecule has 1 unspecified atom stereocenters. The Morgan fingerprint density at radius 3 is 2.91 bits per heavy atom. The monoisotopic (exact) mass is 339 g/mol. The number of hydrogen-bond donors (Lipinski definition) is 2. The van der Waals surface area contributed by atoms with Crippen LogP contribution in [0.1, 0.15) is 22.3 Å². The number of thiophene rings is 1. The number of aromatic nitrogens is 1. The normalized spacial score (nSPS) is 11.9. The molecule has 2 rings (SSSR count). The second-order valence-corrected chi connectivity index (χ2v) is 6.48. The lowest BCUT2D eigenvalue weighted by Gasteiger charge is -2.11. The Morgan fingerprint density at radius 2 is 2.23 bits per heavy atom. The summed E-state index contributed by atoms with van der Waals surface area (Å²) in [5.41, 5.74) is 0.633. The zero-order valence-corrected chi connectivity index (χ0v) is 13.9. The van der Waals surface area contributed by atoms with Crippen LogP contribution in [0.2, 0.25) is 0 Å². The summed E-state index contributed by atoms with van der Waals surface area (Å²) in [7, 11) is 1.59. The molecule has 0 aliphatic heterocycles. The lowest BCUT2D eigenvalue weighted by molar-refractivity contribution is -0.121. The average molecular weight is 339 g/mol. The SMILES string of the molecule is COCC(C)NC(=O)Cc1csc(NC(=O)c2cccs2)n1. The Bertz CT molecular complexity index is 625. The van der Waals surface area contributed by atoms with Gasteiger partial charge in [-0.1, -0.05) is 6.07 Å². The number of anilines is 1. The number of carbonyl (C=O) groups is 2. The predicted octanol–water partition coefficient (Wildman–Crippen LogP) is 2.15. The Labute approximate surface area is 136 Å². The molecule has 0 saturated heterocycles. The molecule has 0 bridgehead atoms. The minimum Gasteiger partial charge on any atom is -0.383 e. The molecule has 0 aliphatic rings. The summed E-state index contributed by atoms with van der Waals surface area (Å²) in [5, 5.41) is 9.64. The van der Waals surface area contributed by atoms with Crippen LogP contribution in [0.15, 0.2) is 22.9 Å². The van der Waals surface area contributed by atoms with E-state index in [1.807, 2.05) is 18.4 Å². The fourth-order valence-electron chi connectivity index (χ4n) is 1.79. The highest BCUT2D eigenvalue weighted by Crippen LogP contribution is 2.18. The standard InChI is InChI=1S/C14H17N3O3S2/c1-9(7-20-2)15-12(18)6-10-8-22-14(16-10)17-13(19)11-4-3-5-21-11/h3-5,8-9H,6-7H2,1-2H3,(H,15,18)(H,16,17,19). The highest BCUT2D eigenvalue weighted by Gasteiger charge is 2.13. The number of hydrogen-bond acceptors (Lipinski definition) is 6. The van der Waals surface area contributed by atoms with Gasteiger partial charge in [0.15, 0.2) is 5.13 Å².